The van der Waals surface area contributed by atoms with E-state index < -0.39 is 0 Å². The molecule has 0 spiro atoms. The van der Waals surface area contributed by atoms with Crippen LogP contribution in [0.5, 0.6) is 0 Å². The number of anilines is 1. The molecule has 88 valence electrons. The summed E-state index contributed by atoms with van der Waals surface area (Å²) in [6.07, 6.45) is 8.03. The Morgan fingerprint density at radius 1 is 1.44 bits per heavy atom. The number of nitrogens with zero attached hydrogens (tertiary/aromatic N) is 2. The third kappa shape index (κ3) is 2.44. The van der Waals surface area contributed by atoms with Gasteiger partial charge in [-0.15, -0.1) is 0 Å². The number of hydrogen-bond acceptors (Lipinski definition) is 4. The van der Waals surface area contributed by atoms with Crippen molar-refractivity contribution in [2.24, 2.45) is 11.1 Å². The fraction of sp³-hybridized carbons (Fsp3) is 0.636. The Morgan fingerprint density at radius 2 is 2.19 bits per heavy atom. The van der Waals surface area contributed by atoms with Crippen molar-refractivity contribution in [3.63, 3.8) is 0 Å². The van der Waals surface area contributed by atoms with Gasteiger partial charge in [0.1, 0.15) is 17.2 Å². The van der Waals surface area contributed by atoms with Gasteiger partial charge in [-0.2, -0.15) is 0 Å². The molecule has 0 bridgehead atoms. The minimum absolute atomic E-state index is 0.230. The molecule has 1 heterocycles. The van der Waals surface area contributed by atoms with Crippen LogP contribution in [-0.4, -0.2) is 23.1 Å². The van der Waals surface area contributed by atoms with Crippen LogP contribution in [0.3, 0.4) is 0 Å². The van der Waals surface area contributed by atoms with Crippen LogP contribution in [0.4, 0.5) is 5.82 Å². The van der Waals surface area contributed by atoms with Crippen LogP contribution >= 0.6 is 11.6 Å². The topological polar surface area (TPSA) is 63.8 Å². The molecule has 0 amide bonds. The molecule has 3 N–H and O–H groups in total. The van der Waals surface area contributed by atoms with Crippen molar-refractivity contribution in [1.82, 2.24) is 9.97 Å². The van der Waals surface area contributed by atoms with Gasteiger partial charge < -0.3 is 11.1 Å². The fourth-order valence-electron chi connectivity index (χ4n) is 2.29. The zero-order chi connectivity index (χ0) is 11.4. The summed E-state index contributed by atoms with van der Waals surface area (Å²) in [5, 5.41) is 3.85. The van der Waals surface area contributed by atoms with Crippen molar-refractivity contribution in [2.45, 2.75) is 25.7 Å². The molecule has 0 aliphatic heterocycles. The summed E-state index contributed by atoms with van der Waals surface area (Å²) in [4.78, 5) is 7.96. The maximum absolute atomic E-state index is 5.98. The smallest absolute Gasteiger partial charge is 0.148 e. The SMILES string of the molecule is NCC1(CNc2ncncc2Cl)CCCC1. The molecule has 1 aliphatic carbocycles. The summed E-state index contributed by atoms with van der Waals surface area (Å²) < 4.78 is 0. The maximum Gasteiger partial charge on any atom is 0.148 e. The number of rotatable bonds is 4. The average molecular weight is 241 g/mol. The summed E-state index contributed by atoms with van der Waals surface area (Å²) in [6, 6.07) is 0. The lowest BCUT2D eigenvalue weighted by Crippen LogP contribution is -2.34. The average Bonchev–Trinajstić information content (AvgIpc) is 2.78. The summed E-state index contributed by atoms with van der Waals surface area (Å²) >= 11 is 5.98. The molecule has 0 atom stereocenters. The number of nitrogens with two attached hydrogens (primary N) is 1. The molecule has 0 radical (unpaired) electrons. The van der Waals surface area contributed by atoms with Crippen LogP contribution in [-0.2, 0) is 0 Å². The molecule has 1 saturated carbocycles. The van der Waals surface area contributed by atoms with Crippen LogP contribution in [0.1, 0.15) is 25.7 Å². The van der Waals surface area contributed by atoms with Crippen molar-refractivity contribution >= 4 is 17.4 Å². The lowest BCUT2D eigenvalue weighted by molar-refractivity contribution is 0.332. The van der Waals surface area contributed by atoms with Crippen molar-refractivity contribution in [2.75, 3.05) is 18.4 Å². The van der Waals surface area contributed by atoms with E-state index in [2.05, 4.69) is 15.3 Å². The van der Waals surface area contributed by atoms with Gasteiger partial charge in [0.05, 0.1) is 6.20 Å². The summed E-state index contributed by atoms with van der Waals surface area (Å²) in [6.45, 7) is 1.57. The monoisotopic (exact) mass is 240 g/mol. The highest BCUT2D eigenvalue weighted by Gasteiger charge is 2.32. The third-order valence-electron chi connectivity index (χ3n) is 3.40. The number of hydrogen-bond donors (Lipinski definition) is 2. The minimum Gasteiger partial charge on any atom is -0.368 e. The molecule has 4 nitrogen and oxygen atoms in total. The van der Waals surface area contributed by atoms with Crippen LogP contribution in [0, 0.1) is 5.41 Å². The first-order valence-electron chi connectivity index (χ1n) is 5.65. The van der Waals surface area contributed by atoms with Gasteiger partial charge in [0.25, 0.3) is 0 Å². The molecule has 0 unspecified atom stereocenters. The van der Waals surface area contributed by atoms with E-state index in [1.165, 1.54) is 32.0 Å². The Labute approximate surface area is 101 Å². The normalized spacial score (nSPS) is 18.6. The summed E-state index contributed by atoms with van der Waals surface area (Å²) in [7, 11) is 0. The van der Waals surface area contributed by atoms with E-state index >= 15 is 0 Å². The predicted octanol–water partition coefficient (Wildman–Crippen LogP) is 2.06. The molecule has 1 aromatic rings. The van der Waals surface area contributed by atoms with E-state index in [1.54, 1.807) is 6.20 Å². The van der Waals surface area contributed by atoms with E-state index in [1.807, 2.05) is 0 Å². The van der Waals surface area contributed by atoms with Gasteiger partial charge in [-0.05, 0) is 24.8 Å². The molecule has 2 rings (SSSR count). The molecule has 0 aromatic carbocycles. The molecular formula is C11H17ClN4. The largest absolute Gasteiger partial charge is 0.368 e. The van der Waals surface area contributed by atoms with Gasteiger partial charge in [-0.1, -0.05) is 24.4 Å². The first kappa shape index (κ1) is 11.6. The lowest BCUT2D eigenvalue weighted by atomic mass is 9.86. The molecule has 1 aromatic heterocycles. The summed E-state index contributed by atoms with van der Waals surface area (Å²) in [5.41, 5.74) is 6.10. The number of halogens is 1. The van der Waals surface area contributed by atoms with Crippen LogP contribution in [0.2, 0.25) is 5.02 Å². The highest BCUT2D eigenvalue weighted by atomic mass is 35.5. The second-order valence-electron chi connectivity index (χ2n) is 4.48. The molecule has 0 saturated heterocycles. The van der Waals surface area contributed by atoms with Gasteiger partial charge in [0.15, 0.2) is 0 Å². The minimum atomic E-state index is 0.230. The Balaban J connectivity index is 1.98. The Morgan fingerprint density at radius 3 is 2.81 bits per heavy atom. The molecule has 5 heteroatoms. The quantitative estimate of drug-likeness (QED) is 0.846. The highest BCUT2D eigenvalue weighted by Crippen LogP contribution is 2.37. The third-order valence-corrected chi connectivity index (χ3v) is 3.67. The van der Waals surface area contributed by atoms with Crippen molar-refractivity contribution in [3.05, 3.63) is 17.5 Å². The standard InChI is InChI=1S/C11H17ClN4/c12-9-5-14-8-16-10(9)15-7-11(6-13)3-1-2-4-11/h5,8H,1-4,6-7,13H2,(H,14,15,16). The van der Waals surface area contributed by atoms with Gasteiger partial charge in [0.2, 0.25) is 0 Å². The lowest BCUT2D eigenvalue weighted by Gasteiger charge is -2.27. The Hall–Kier alpha value is -0.870. The maximum atomic E-state index is 5.98. The van der Waals surface area contributed by atoms with E-state index in [0.29, 0.717) is 10.8 Å². The fourth-order valence-corrected chi connectivity index (χ4v) is 2.46. The van der Waals surface area contributed by atoms with Crippen molar-refractivity contribution in [1.29, 1.82) is 0 Å². The highest BCUT2D eigenvalue weighted by molar-refractivity contribution is 6.32. The second kappa shape index (κ2) is 4.97. The van der Waals surface area contributed by atoms with Crippen molar-refractivity contribution < 1.29 is 0 Å². The Kier molecular flexibility index (Phi) is 3.61. The number of aromatic nitrogens is 2. The van der Waals surface area contributed by atoms with Crippen LogP contribution < -0.4 is 11.1 Å². The van der Waals surface area contributed by atoms with E-state index in [0.717, 1.165) is 13.1 Å². The predicted molar refractivity (Wildman–Crippen MR) is 65.5 cm³/mol. The first-order valence-corrected chi connectivity index (χ1v) is 6.03. The Bertz CT molecular complexity index is 350. The molecule has 1 aliphatic rings. The van der Waals surface area contributed by atoms with Gasteiger partial charge >= 0.3 is 0 Å². The number of nitrogens with one attached hydrogen (secondary N) is 1. The molecule has 1 fully saturated rings. The zero-order valence-corrected chi connectivity index (χ0v) is 10.0. The van der Waals surface area contributed by atoms with E-state index in [-0.39, 0.29) is 5.41 Å². The van der Waals surface area contributed by atoms with Crippen LogP contribution in [0.25, 0.3) is 0 Å². The van der Waals surface area contributed by atoms with E-state index in [9.17, 15) is 0 Å². The van der Waals surface area contributed by atoms with Gasteiger partial charge in [-0.3, -0.25) is 0 Å². The summed E-state index contributed by atoms with van der Waals surface area (Å²) in [5.74, 6) is 0.705. The van der Waals surface area contributed by atoms with Gasteiger partial charge in [-0.25, -0.2) is 9.97 Å². The van der Waals surface area contributed by atoms with Crippen molar-refractivity contribution in [3.8, 4) is 0 Å². The van der Waals surface area contributed by atoms with Gasteiger partial charge in [0, 0.05) is 6.54 Å². The molecular weight excluding hydrogens is 224 g/mol. The zero-order valence-electron chi connectivity index (χ0n) is 9.25. The first-order chi connectivity index (χ1) is 7.76. The van der Waals surface area contributed by atoms with E-state index in [4.69, 9.17) is 17.3 Å². The second-order valence-corrected chi connectivity index (χ2v) is 4.89. The molecule has 16 heavy (non-hydrogen) atoms. The van der Waals surface area contributed by atoms with Crippen LogP contribution in [0.15, 0.2) is 12.5 Å².